The molecule has 0 aliphatic rings. The number of amides is 1. The van der Waals surface area contributed by atoms with E-state index in [-0.39, 0.29) is 10.7 Å². The average molecular weight is 390 g/mol. The largest absolute Gasteiger partial charge is 0.490 e. The van der Waals surface area contributed by atoms with Crippen molar-refractivity contribution in [3.05, 3.63) is 64.3 Å². The SMILES string of the molecule is CCOc1cc(/C=C(/NC(=O)c2ccccc2)C(=O)O)cc(Cl)c1OCC. The van der Waals surface area contributed by atoms with Crippen LogP contribution < -0.4 is 14.8 Å². The van der Waals surface area contributed by atoms with Crippen molar-refractivity contribution in [2.45, 2.75) is 13.8 Å². The molecule has 0 unspecified atom stereocenters. The van der Waals surface area contributed by atoms with Gasteiger partial charge in [-0.2, -0.15) is 0 Å². The van der Waals surface area contributed by atoms with Crippen LogP contribution in [-0.4, -0.2) is 30.2 Å². The van der Waals surface area contributed by atoms with Gasteiger partial charge in [0.05, 0.1) is 18.2 Å². The number of hydrogen-bond donors (Lipinski definition) is 2. The van der Waals surface area contributed by atoms with E-state index in [1.54, 1.807) is 42.5 Å². The van der Waals surface area contributed by atoms with Gasteiger partial charge in [0, 0.05) is 5.56 Å². The summed E-state index contributed by atoms with van der Waals surface area (Å²) in [5, 5.41) is 12.1. The maximum atomic E-state index is 12.2. The molecule has 2 rings (SSSR count). The number of halogens is 1. The standard InChI is InChI=1S/C20H20ClNO5/c1-3-26-17-12-13(10-15(21)18(17)27-4-2)11-16(20(24)25)22-19(23)14-8-6-5-7-9-14/h5-12H,3-4H2,1-2H3,(H,22,23)(H,24,25)/b16-11+. The highest BCUT2D eigenvalue weighted by Crippen LogP contribution is 2.37. The normalized spacial score (nSPS) is 11.0. The molecular weight excluding hydrogens is 370 g/mol. The molecule has 0 aliphatic heterocycles. The van der Waals surface area contributed by atoms with E-state index in [4.69, 9.17) is 21.1 Å². The molecule has 0 aliphatic carbocycles. The number of hydrogen-bond acceptors (Lipinski definition) is 4. The second-order valence-corrected chi connectivity index (χ2v) is 5.79. The molecule has 2 aromatic rings. The minimum absolute atomic E-state index is 0.285. The van der Waals surface area contributed by atoms with Crippen molar-refractivity contribution in [1.82, 2.24) is 5.32 Å². The van der Waals surface area contributed by atoms with Crippen LogP contribution in [0.3, 0.4) is 0 Å². The van der Waals surface area contributed by atoms with E-state index < -0.39 is 11.9 Å². The molecule has 0 saturated carbocycles. The summed E-state index contributed by atoms with van der Waals surface area (Å²) < 4.78 is 11.0. The minimum Gasteiger partial charge on any atom is -0.490 e. The van der Waals surface area contributed by atoms with Crippen LogP contribution in [0.25, 0.3) is 6.08 Å². The fourth-order valence-corrected chi connectivity index (χ4v) is 2.59. The second kappa shape index (κ2) is 9.64. The molecule has 6 nitrogen and oxygen atoms in total. The van der Waals surface area contributed by atoms with Gasteiger partial charge >= 0.3 is 5.97 Å². The number of ether oxygens (including phenoxy) is 2. The van der Waals surface area contributed by atoms with Gasteiger partial charge < -0.3 is 19.9 Å². The summed E-state index contributed by atoms with van der Waals surface area (Å²) in [7, 11) is 0. The zero-order valence-corrected chi connectivity index (χ0v) is 15.7. The quantitative estimate of drug-likeness (QED) is 0.667. The fourth-order valence-electron chi connectivity index (χ4n) is 2.32. The Morgan fingerprint density at radius 2 is 1.78 bits per heavy atom. The Balaban J connectivity index is 2.37. The van der Waals surface area contributed by atoms with Crippen LogP contribution in [-0.2, 0) is 4.79 Å². The van der Waals surface area contributed by atoms with Gasteiger partial charge in [0.2, 0.25) is 0 Å². The topological polar surface area (TPSA) is 84.9 Å². The van der Waals surface area contributed by atoms with E-state index in [1.165, 1.54) is 6.08 Å². The first-order valence-corrected chi connectivity index (χ1v) is 8.74. The smallest absolute Gasteiger partial charge is 0.352 e. The van der Waals surface area contributed by atoms with E-state index in [1.807, 2.05) is 13.8 Å². The third-order valence-electron chi connectivity index (χ3n) is 3.45. The molecule has 0 saturated heterocycles. The van der Waals surface area contributed by atoms with Crippen molar-refractivity contribution in [3.8, 4) is 11.5 Å². The number of carbonyl (C=O) groups is 2. The number of rotatable bonds is 8. The monoisotopic (exact) mass is 389 g/mol. The van der Waals surface area contributed by atoms with Gasteiger partial charge in [0.15, 0.2) is 11.5 Å². The van der Waals surface area contributed by atoms with E-state index >= 15 is 0 Å². The number of benzene rings is 2. The van der Waals surface area contributed by atoms with Crippen LogP contribution in [0.1, 0.15) is 29.8 Å². The fraction of sp³-hybridized carbons (Fsp3) is 0.200. The molecule has 1 amide bonds. The molecular formula is C20H20ClNO5. The van der Waals surface area contributed by atoms with Crippen molar-refractivity contribution in [1.29, 1.82) is 0 Å². The Bertz CT molecular complexity index is 849. The molecule has 142 valence electrons. The molecule has 2 aromatic carbocycles. The van der Waals surface area contributed by atoms with Crippen molar-refractivity contribution < 1.29 is 24.2 Å². The molecule has 0 aromatic heterocycles. The summed E-state index contributed by atoms with van der Waals surface area (Å²) in [6, 6.07) is 11.5. The zero-order valence-electron chi connectivity index (χ0n) is 15.0. The predicted octanol–water partition coefficient (Wildman–Crippen LogP) is 3.99. The lowest BCUT2D eigenvalue weighted by Gasteiger charge is -2.14. The van der Waals surface area contributed by atoms with Gasteiger partial charge in [0.25, 0.3) is 5.91 Å². The van der Waals surface area contributed by atoms with Crippen LogP contribution in [0, 0.1) is 0 Å². The number of nitrogens with one attached hydrogen (secondary N) is 1. The second-order valence-electron chi connectivity index (χ2n) is 5.38. The van der Waals surface area contributed by atoms with Gasteiger partial charge in [-0.15, -0.1) is 0 Å². The van der Waals surface area contributed by atoms with Crippen molar-refractivity contribution in [3.63, 3.8) is 0 Å². The molecule has 0 fully saturated rings. The van der Waals surface area contributed by atoms with Crippen LogP contribution in [0.15, 0.2) is 48.2 Å². The first kappa shape index (κ1) is 20.3. The molecule has 27 heavy (non-hydrogen) atoms. The average Bonchev–Trinajstić information content (AvgIpc) is 2.65. The van der Waals surface area contributed by atoms with E-state index in [0.29, 0.717) is 35.8 Å². The summed E-state index contributed by atoms with van der Waals surface area (Å²) in [4.78, 5) is 23.8. The summed E-state index contributed by atoms with van der Waals surface area (Å²) in [5.74, 6) is -1.01. The molecule has 0 radical (unpaired) electrons. The van der Waals surface area contributed by atoms with E-state index in [0.717, 1.165) is 0 Å². The van der Waals surface area contributed by atoms with Gasteiger partial charge in [-0.1, -0.05) is 29.8 Å². The van der Waals surface area contributed by atoms with Gasteiger partial charge in [-0.25, -0.2) is 4.79 Å². The first-order chi connectivity index (χ1) is 13.0. The molecule has 0 bridgehead atoms. The highest BCUT2D eigenvalue weighted by molar-refractivity contribution is 6.32. The summed E-state index contributed by atoms with van der Waals surface area (Å²) in [6.45, 7) is 4.43. The lowest BCUT2D eigenvalue weighted by atomic mass is 10.1. The highest BCUT2D eigenvalue weighted by atomic mass is 35.5. The van der Waals surface area contributed by atoms with E-state index in [2.05, 4.69) is 5.32 Å². The lowest BCUT2D eigenvalue weighted by Crippen LogP contribution is -2.27. The Labute approximate surface area is 162 Å². The summed E-state index contributed by atoms with van der Waals surface area (Å²) in [6.07, 6.45) is 1.31. The molecule has 2 N–H and O–H groups in total. The Morgan fingerprint density at radius 1 is 1.11 bits per heavy atom. The molecule has 0 atom stereocenters. The van der Waals surface area contributed by atoms with Crippen molar-refractivity contribution in [2.24, 2.45) is 0 Å². The maximum Gasteiger partial charge on any atom is 0.352 e. The predicted molar refractivity (Wildman–Crippen MR) is 103 cm³/mol. The van der Waals surface area contributed by atoms with Crippen LogP contribution in [0.2, 0.25) is 5.02 Å². The third-order valence-corrected chi connectivity index (χ3v) is 3.73. The Kier molecular flexibility index (Phi) is 7.25. The zero-order chi connectivity index (χ0) is 19.8. The van der Waals surface area contributed by atoms with Gasteiger partial charge in [-0.05, 0) is 49.8 Å². The lowest BCUT2D eigenvalue weighted by molar-refractivity contribution is -0.132. The van der Waals surface area contributed by atoms with Crippen LogP contribution >= 0.6 is 11.6 Å². The number of carbonyl (C=O) groups excluding carboxylic acids is 1. The Morgan fingerprint density at radius 3 is 2.37 bits per heavy atom. The third kappa shape index (κ3) is 5.49. The molecule has 7 heteroatoms. The maximum absolute atomic E-state index is 12.2. The number of carboxylic acids is 1. The Hall–Kier alpha value is -2.99. The summed E-state index contributed by atoms with van der Waals surface area (Å²) in [5.41, 5.74) is 0.522. The highest BCUT2D eigenvalue weighted by Gasteiger charge is 2.16. The van der Waals surface area contributed by atoms with Crippen LogP contribution in [0.4, 0.5) is 0 Å². The number of aliphatic carboxylic acids is 1. The van der Waals surface area contributed by atoms with Gasteiger partial charge in [-0.3, -0.25) is 4.79 Å². The van der Waals surface area contributed by atoms with E-state index in [9.17, 15) is 14.7 Å². The number of carboxylic acid groups (broad SMARTS) is 1. The summed E-state index contributed by atoms with van der Waals surface area (Å²) >= 11 is 6.24. The van der Waals surface area contributed by atoms with Gasteiger partial charge in [0.1, 0.15) is 5.70 Å². The van der Waals surface area contributed by atoms with Crippen molar-refractivity contribution in [2.75, 3.05) is 13.2 Å². The first-order valence-electron chi connectivity index (χ1n) is 8.36. The minimum atomic E-state index is -1.28. The van der Waals surface area contributed by atoms with Crippen molar-refractivity contribution >= 4 is 29.6 Å². The molecule has 0 spiro atoms. The van der Waals surface area contributed by atoms with Crippen LogP contribution in [0.5, 0.6) is 11.5 Å². The molecule has 0 heterocycles.